The summed E-state index contributed by atoms with van der Waals surface area (Å²) >= 11 is 0. The van der Waals surface area contributed by atoms with E-state index in [9.17, 15) is 9.90 Å². The summed E-state index contributed by atoms with van der Waals surface area (Å²) in [5.41, 5.74) is 6.83. The van der Waals surface area contributed by atoms with Crippen molar-refractivity contribution < 1.29 is 14.6 Å². The summed E-state index contributed by atoms with van der Waals surface area (Å²) in [5, 5.41) is 9.89. The number of ether oxygens (including phenoxy) is 1. The number of hydrogen-bond donors (Lipinski definition) is 2. The zero-order valence-electron chi connectivity index (χ0n) is 10.6. The van der Waals surface area contributed by atoms with E-state index < -0.39 is 0 Å². The first-order chi connectivity index (χ1) is 9.11. The first-order valence-corrected chi connectivity index (χ1v) is 5.98. The van der Waals surface area contributed by atoms with Gasteiger partial charge in [0, 0.05) is 17.3 Å². The molecule has 0 saturated carbocycles. The van der Waals surface area contributed by atoms with Crippen LogP contribution in [0.5, 0.6) is 11.5 Å². The molecule has 0 amide bonds. The number of benzene rings is 2. The van der Waals surface area contributed by atoms with Gasteiger partial charge in [-0.15, -0.1) is 0 Å². The van der Waals surface area contributed by atoms with Crippen LogP contribution in [-0.2, 0) is 0 Å². The number of phenolic OH excluding ortho intramolecular Hbond substituents is 1. The van der Waals surface area contributed by atoms with Crippen molar-refractivity contribution in [2.45, 2.75) is 6.92 Å². The number of aromatic hydroxyl groups is 1. The van der Waals surface area contributed by atoms with E-state index in [2.05, 4.69) is 0 Å². The van der Waals surface area contributed by atoms with E-state index in [0.29, 0.717) is 23.6 Å². The van der Waals surface area contributed by atoms with E-state index >= 15 is 0 Å². The standard InChI is InChI=1S/C15H15NO3/c1-2-19-12-6-7-13(14(17)9-12)15(18)10-4-3-5-11(16)8-10/h3-9,17H,2,16H2,1H3. The van der Waals surface area contributed by atoms with Gasteiger partial charge in [0.15, 0.2) is 5.78 Å². The maximum atomic E-state index is 12.2. The smallest absolute Gasteiger partial charge is 0.196 e. The summed E-state index contributed by atoms with van der Waals surface area (Å²) in [5.74, 6) is 0.162. The van der Waals surface area contributed by atoms with Crippen molar-refractivity contribution in [3.63, 3.8) is 0 Å². The average molecular weight is 257 g/mol. The zero-order valence-corrected chi connectivity index (χ0v) is 10.6. The molecule has 0 heterocycles. The van der Waals surface area contributed by atoms with Crippen LogP contribution in [0.4, 0.5) is 5.69 Å². The van der Waals surface area contributed by atoms with Gasteiger partial charge >= 0.3 is 0 Å². The Bertz CT molecular complexity index is 608. The Morgan fingerprint density at radius 3 is 2.68 bits per heavy atom. The molecule has 0 spiro atoms. The fourth-order valence-corrected chi connectivity index (χ4v) is 1.80. The maximum Gasteiger partial charge on any atom is 0.196 e. The summed E-state index contributed by atoms with van der Waals surface area (Å²) in [7, 11) is 0. The molecule has 2 aromatic carbocycles. The monoisotopic (exact) mass is 257 g/mol. The highest BCUT2D eigenvalue weighted by Gasteiger charge is 2.14. The molecule has 0 aliphatic heterocycles. The number of anilines is 1. The molecular weight excluding hydrogens is 242 g/mol. The lowest BCUT2D eigenvalue weighted by molar-refractivity contribution is 0.103. The normalized spacial score (nSPS) is 10.2. The SMILES string of the molecule is CCOc1ccc(C(=O)c2cccc(N)c2)c(O)c1. The van der Waals surface area contributed by atoms with Crippen molar-refractivity contribution in [3.05, 3.63) is 53.6 Å². The Balaban J connectivity index is 2.34. The molecule has 0 radical (unpaired) electrons. The third kappa shape index (κ3) is 2.85. The fraction of sp³-hybridized carbons (Fsp3) is 0.133. The van der Waals surface area contributed by atoms with Crippen LogP contribution in [-0.4, -0.2) is 17.5 Å². The molecule has 3 N–H and O–H groups in total. The van der Waals surface area contributed by atoms with Crippen molar-refractivity contribution in [1.29, 1.82) is 0 Å². The summed E-state index contributed by atoms with van der Waals surface area (Å²) in [4.78, 5) is 12.2. The lowest BCUT2D eigenvalue weighted by Crippen LogP contribution is -2.03. The van der Waals surface area contributed by atoms with Gasteiger partial charge in [-0.2, -0.15) is 0 Å². The Hall–Kier alpha value is -2.49. The second-order valence-electron chi connectivity index (χ2n) is 4.07. The summed E-state index contributed by atoms with van der Waals surface area (Å²) in [6.45, 7) is 2.35. The number of rotatable bonds is 4. The summed E-state index contributed by atoms with van der Waals surface area (Å²) < 4.78 is 5.25. The predicted molar refractivity (Wildman–Crippen MR) is 73.6 cm³/mol. The van der Waals surface area contributed by atoms with Crippen LogP contribution in [0.2, 0.25) is 0 Å². The van der Waals surface area contributed by atoms with Gasteiger partial charge in [-0.3, -0.25) is 4.79 Å². The molecule has 4 nitrogen and oxygen atoms in total. The zero-order chi connectivity index (χ0) is 13.8. The minimum absolute atomic E-state index is 0.0987. The number of carbonyl (C=O) groups is 1. The van der Waals surface area contributed by atoms with Gasteiger partial charge in [-0.1, -0.05) is 12.1 Å². The Morgan fingerprint density at radius 1 is 1.26 bits per heavy atom. The largest absolute Gasteiger partial charge is 0.507 e. The van der Waals surface area contributed by atoms with Crippen molar-refractivity contribution in [3.8, 4) is 11.5 Å². The van der Waals surface area contributed by atoms with E-state index in [0.717, 1.165) is 0 Å². The van der Waals surface area contributed by atoms with E-state index in [1.807, 2.05) is 6.92 Å². The number of phenols is 1. The third-order valence-corrected chi connectivity index (χ3v) is 2.67. The summed E-state index contributed by atoms with van der Waals surface area (Å²) in [6.07, 6.45) is 0. The lowest BCUT2D eigenvalue weighted by atomic mass is 10.0. The molecule has 2 rings (SSSR count). The highest BCUT2D eigenvalue weighted by molar-refractivity contribution is 6.11. The van der Waals surface area contributed by atoms with Gasteiger partial charge in [0.25, 0.3) is 0 Å². The third-order valence-electron chi connectivity index (χ3n) is 2.67. The molecule has 0 unspecified atom stereocenters. The number of carbonyl (C=O) groups excluding carboxylic acids is 1. The molecule has 0 aliphatic rings. The van der Waals surface area contributed by atoms with Crippen LogP contribution in [0.1, 0.15) is 22.8 Å². The molecule has 0 aromatic heterocycles. The molecule has 4 heteroatoms. The van der Waals surface area contributed by atoms with Crippen LogP contribution in [0.25, 0.3) is 0 Å². The van der Waals surface area contributed by atoms with Gasteiger partial charge < -0.3 is 15.6 Å². The first kappa shape index (κ1) is 13.0. The first-order valence-electron chi connectivity index (χ1n) is 5.98. The maximum absolute atomic E-state index is 12.2. The van der Waals surface area contributed by atoms with Gasteiger partial charge in [0.05, 0.1) is 12.2 Å². The topological polar surface area (TPSA) is 72.5 Å². The van der Waals surface area contributed by atoms with Gasteiger partial charge in [0.1, 0.15) is 11.5 Å². The number of nitrogens with two attached hydrogens (primary N) is 1. The van der Waals surface area contributed by atoms with Gasteiger partial charge in [0.2, 0.25) is 0 Å². The Kier molecular flexibility index (Phi) is 3.71. The number of hydrogen-bond acceptors (Lipinski definition) is 4. The van der Waals surface area contributed by atoms with Crippen LogP contribution >= 0.6 is 0 Å². The predicted octanol–water partition coefficient (Wildman–Crippen LogP) is 2.60. The average Bonchev–Trinajstić information content (AvgIpc) is 2.38. The minimum atomic E-state index is -0.271. The van der Waals surface area contributed by atoms with Gasteiger partial charge in [-0.05, 0) is 31.2 Å². The van der Waals surface area contributed by atoms with Crippen LogP contribution < -0.4 is 10.5 Å². The molecular formula is C15H15NO3. The molecule has 2 aromatic rings. The lowest BCUT2D eigenvalue weighted by Gasteiger charge is -2.07. The molecule has 0 aliphatic carbocycles. The molecule has 0 saturated heterocycles. The van der Waals surface area contributed by atoms with Crippen molar-refractivity contribution >= 4 is 11.5 Å². The molecule has 0 bridgehead atoms. The highest BCUT2D eigenvalue weighted by atomic mass is 16.5. The minimum Gasteiger partial charge on any atom is -0.507 e. The van der Waals surface area contributed by atoms with Crippen molar-refractivity contribution in [2.24, 2.45) is 0 Å². The molecule has 19 heavy (non-hydrogen) atoms. The second kappa shape index (κ2) is 5.44. The quantitative estimate of drug-likeness (QED) is 0.652. The van der Waals surface area contributed by atoms with E-state index in [1.165, 1.54) is 6.07 Å². The fourth-order valence-electron chi connectivity index (χ4n) is 1.80. The Morgan fingerprint density at radius 2 is 2.05 bits per heavy atom. The van der Waals surface area contributed by atoms with E-state index in [4.69, 9.17) is 10.5 Å². The highest BCUT2D eigenvalue weighted by Crippen LogP contribution is 2.26. The molecule has 0 fully saturated rings. The summed E-state index contributed by atoms with van der Waals surface area (Å²) in [6, 6.07) is 11.3. The number of ketones is 1. The van der Waals surface area contributed by atoms with Crippen molar-refractivity contribution in [2.75, 3.05) is 12.3 Å². The van der Waals surface area contributed by atoms with Gasteiger partial charge in [-0.25, -0.2) is 0 Å². The van der Waals surface area contributed by atoms with Crippen molar-refractivity contribution in [1.82, 2.24) is 0 Å². The Labute approximate surface area is 111 Å². The molecule has 0 atom stereocenters. The van der Waals surface area contributed by atoms with Crippen LogP contribution in [0, 0.1) is 0 Å². The van der Waals surface area contributed by atoms with E-state index in [1.54, 1.807) is 36.4 Å². The molecule has 98 valence electrons. The number of nitrogen functional groups attached to an aromatic ring is 1. The van der Waals surface area contributed by atoms with Crippen LogP contribution in [0.3, 0.4) is 0 Å². The second-order valence-corrected chi connectivity index (χ2v) is 4.07. The van der Waals surface area contributed by atoms with E-state index in [-0.39, 0.29) is 17.1 Å². The van der Waals surface area contributed by atoms with Crippen LogP contribution in [0.15, 0.2) is 42.5 Å².